The summed E-state index contributed by atoms with van der Waals surface area (Å²) in [6.07, 6.45) is 2.92. The molecule has 2 N–H and O–H groups in total. The van der Waals surface area contributed by atoms with Crippen molar-refractivity contribution in [1.29, 1.82) is 0 Å². The highest BCUT2D eigenvalue weighted by atomic mass is 79.9. The van der Waals surface area contributed by atoms with Crippen molar-refractivity contribution in [2.75, 3.05) is 13.7 Å². The molecule has 0 saturated carbocycles. The van der Waals surface area contributed by atoms with Gasteiger partial charge in [0.25, 0.3) is 0 Å². The summed E-state index contributed by atoms with van der Waals surface area (Å²) < 4.78 is 5.53. The molecule has 1 fully saturated rings. The molecule has 1 atom stereocenters. The van der Waals surface area contributed by atoms with Gasteiger partial charge in [0.1, 0.15) is 0 Å². The van der Waals surface area contributed by atoms with E-state index in [-0.39, 0.29) is 17.9 Å². The summed E-state index contributed by atoms with van der Waals surface area (Å²) in [5.74, 6) is -0.632. The van der Waals surface area contributed by atoms with Gasteiger partial charge >= 0.3 is 5.97 Å². The van der Waals surface area contributed by atoms with Crippen molar-refractivity contribution in [2.45, 2.75) is 31.8 Å². The maximum absolute atomic E-state index is 11.5. The van der Waals surface area contributed by atoms with E-state index < -0.39 is 0 Å². The summed E-state index contributed by atoms with van der Waals surface area (Å²) in [5, 5.41) is 0. The molecule has 2 rings (SSSR count). The second-order valence-electron chi connectivity index (χ2n) is 5.18. The quantitative estimate of drug-likeness (QED) is 0.840. The predicted octanol–water partition coefficient (Wildman–Crippen LogP) is 2.08. The lowest BCUT2D eigenvalue weighted by Gasteiger charge is -2.33. The highest BCUT2D eigenvalue weighted by molar-refractivity contribution is 9.10. The number of rotatable bonds is 4. The fourth-order valence-corrected chi connectivity index (χ4v) is 3.15. The van der Waals surface area contributed by atoms with Crippen LogP contribution in [0.2, 0.25) is 0 Å². The molecule has 0 bridgehead atoms. The molecular weight excluding hydrogens is 336 g/mol. The molecule has 6 heteroatoms. The number of piperidine rings is 1. The number of methoxy groups -OCH3 is 1. The summed E-state index contributed by atoms with van der Waals surface area (Å²) in [5.41, 5.74) is 7.00. The Morgan fingerprint density at radius 1 is 1.43 bits per heavy atom. The van der Waals surface area contributed by atoms with Gasteiger partial charge in [-0.3, -0.25) is 9.69 Å². The number of ether oxygens (including phenoxy) is 1. The summed E-state index contributed by atoms with van der Waals surface area (Å²) in [7, 11) is 1.36. The minimum absolute atomic E-state index is 0.203. The lowest BCUT2D eigenvalue weighted by molar-refractivity contribution is -0.124. The van der Waals surface area contributed by atoms with E-state index in [2.05, 4.69) is 20.8 Å². The maximum atomic E-state index is 11.5. The molecule has 0 aliphatic carbocycles. The molecule has 1 saturated heterocycles. The molecule has 114 valence electrons. The Morgan fingerprint density at radius 2 is 2.19 bits per heavy atom. The maximum Gasteiger partial charge on any atom is 0.337 e. The van der Waals surface area contributed by atoms with Gasteiger partial charge in [-0.05, 0) is 37.1 Å². The molecule has 0 aromatic heterocycles. The molecule has 0 spiro atoms. The van der Waals surface area contributed by atoms with Crippen molar-refractivity contribution < 1.29 is 14.3 Å². The highest BCUT2D eigenvalue weighted by Crippen LogP contribution is 2.24. The number of hydrogen-bond donors (Lipinski definition) is 1. The minimum atomic E-state index is -0.366. The third kappa shape index (κ3) is 3.83. The lowest BCUT2D eigenvalue weighted by atomic mass is 10.0. The molecule has 1 aliphatic heterocycles. The molecule has 1 heterocycles. The number of esters is 1. The van der Waals surface area contributed by atoms with Gasteiger partial charge in [-0.1, -0.05) is 28.4 Å². The number of nitrogens with two attached hydrogens (primary N) is 1. The van der Waals surface area contributed by atoms with E-state index in [0.717, 1.165) is 35.8 Å². The number of hydrogen-bond acceptors (Lipinski definition) is 4. The van der Waals surface area contributed by atoms with Crippen LogP contribution in [0.25, 0.3) is 0 Å². The van der Waals surface area contributed by atoms with Crippen LogP contribution < -0.4 is 5.73 Å². The van der Waals surface area contributed by atoms with E-state index in [1.807, 2.05) is 6.07 Å². The van der Waals surface area contributed by atoms with E-state index in [9.17, 15) is 9.59 Å². The Bertz CT molecular complexity index is 548. The molecule has 21 heavy (non-hydrogen) atoms. The van der Waals surface area contributed by atoms with Crippen LogP contribution in [-0.4, -0.2) is 36.5 Å². The Morgan fingerprint density at radius 3 is 2.81 bits per heavy atom. The number of carbonyl (C=O) groups is 2. The second kappa shape index (κ2) is 7.04. The minimum Gasteiger partial charge on any atom is -0.465 e. The second-order valence-corrected chi connectivity index (χ2v) is 6.04. The van der Waals surface area contributed by atoms with Crippen molar-refractivity contribution in [1.82, 2.24) is 4.90 Å². The van der Waals surface area contributed by atoms with Crippen LogP contribution in [-0.2, 0) is 16.1 Å². The van der Waals surface area contributed by atoms with E-state index in [0.29, 0.717) is 12.1 Å². The summed E-state index contributed by atoms with van der Waals surface area (Å²) in [6, 6.07) is 5.15. The number of halogens is 1. The fraction of sp³-hybridized carbons (Fsp3) is 0.467. The SMILES string of the molecule is COC(=O)c1ccc(CN2CCCCC2C(N)=O)c(Br)c1. The molecule has 0 radical (unpaired) electrons. The Balaban J connectivity index is 2.15. The highest BCUT2D eigenvalue weighted by Gasteiger charge is 2.27. The van der Waals surface area contributed by atoms with Gasteiger partial charge in [-0.25, -0.2) is 4.79 Å². The van der Waals surface area contributed by atoms with E-state index in [1.165, 1.54) is 7.11 Å². The molecule has 1 aromatic rings. The predicted molar refractivity (Wildman–Crippen MR) is 82.7 cm³/mol. The Kier molecular flexibility index (Phi) is 5.36. The zero-order valence-corrected chi connectivity index (χ0v) is 13.6. The Hall–Kier alpha value is -1.40. The average Bonchev–Trinajstić information content (AvgIpc) is 2.48. The van der Waals surface area contributed by atoms with Crippen molar-refractivity contribution in [2.24, 2.45) is 5.73 Å². The first-order valence-corrected chi connectivity index (χ1v) is 7.72. The van der Waals surface area contributed by atoms with Crippen molar-refractivity contribution in [3.05, 3.63) is 33.8 Å². The molecule has 1 unspecified atom stereocenters. The first-order chi connectivity index (χ1) is 10.0. The number of carbonyl (C=O) groups excluding carboxylic acids is 2. The number of likely N-dealkylation sites (tertiary alicyclic amines) is 1. The van der Waals surface area contributed by atoms with Crippen LogP contribution >= 0.6 is 15.9 Å². The van der Waals surface area contributed by atoms with Gasteiger partial charge in [0.15, 0.2) is 0 Å². The third-order valence-electron chi connectivity index (χ3n) is 3.79. The first-order valence-electron chi connectivity index (χ1n) is 6.93. The molecule has 5 nitrogen and oxygen atoms in total. The number of nitrogens with zero attached hydrogens (tertiary/aromatic N) is 1. The molecule has 1 amide bonds. The molecule has 1 aliphatic rings. The van der Waals surface area contributed by atoms with Gasteiger partial charge in [-0.15, -0.1) is 0 Å². The summed E-state index contributed by atoms with van der Waals surface area (Å²) in [6.45, 7) is 1.49. The standard InChI is InChI=1S/C15H19BrN2O3/c1-21-15(20)10-5-6-11(12(16)8-10)9-18-7-3-2-4-13(18)14(17)19/h5-6,8,13H,2-4,7,9H2,1H3,(H2,17,19). The number of amides is 1. The van der Waals surface area contributed by atoms with Gasteiger partial charge in [0, 0.05) is 11.0 Å². The monoisotopic (exact) mass is 354 g/mol. The third-order valence-corrected chi connectivity index (χ3v) is 4.53. The van der Waals surface area contributed by atoms with Gasteiger partial charge in [-0.2, -0.15) is 0 Å². The molecule has 1 aromatic carbocycles. The zero-order valence-electron chi connectivity index (χ0n) is 12.0. The van der Waals surface area contributed by atoms with Crippen molar-refractivity contribution in [3.63, 3.8) is 0 Å². The summed E-state index contributed by atoms with van der Waals surface area (Å²) in [4.78, 5) is 25.1. The van der Waals surface area contributed by atoms with E-state index in [4.69, 9.17) is 10.5 Å². The van der Waals surface area contributed by atoms with E-state index >= 15 is 0 Å². The number of primary amides is 1. The number of benzene rings is 1. The topological polar surface area (TPSA) is 72.6 Å². The van der Waals surface area contributed by atoms with Gasteiger partial charge < -0.3 is 10.5 Å². The first kappa shape index (κ1) is 16.0. The van der Waals surface area contributed by atoms with Crippen LogP contribution in [0.1, 0.15) is 35.2 Å². The Labute approximate surface area is 132 Å². The van der Waals surface area contributed by atoms with Crippen LogP contribution in [0, 0.1) is 0 Å². The van der Waals surface area contributed by atoms with Gasteiger partial charge in [0.05, 0.1) is 18.7 Å². The van der Waals surface area contributed by atoms with Crippen LogP contribution in [0.3, 0.4) is 0 Å². The normalized spacial score (nSPS) is 19.2. The van der Waals surface area contributed by atoms with Gasteiger partial charge in [0.2, 0.25) is 5.91 Å². The van der Waals surface area contributed by atoms with Crippen LogP contribution in [0.4, 0.5) is 0 Å². The average molecular weight is 355 g/mol. The van der Waals surface area contributed by atoms with Crippen molar-refractivity contribution >= 4 is 27.8 Å². The zero-order chi connectivity index (χ0) is 15.4. The van der Waals surface area contributed by atoms with Crippen LogP contribution in [0.15, 0.2) is 22.7 Å². The molecular formula is C15H19BrN2O3. The van der Waals surface area contributed by atoms with Crippen molar-refractivity contribution in [3.8, 4) is 0 Å². The summed E-state index contributed by atoms with van der Waals surface area (Å²) >= 11 is 3.48. The van der Waals surface area contributed by atoms with E-state index in [1.54, 1.807) is 12.1 Å². The van der Waals surface area contributed by atoms with Crippen LogP contribution in [0.5, 0.6) is 0 Å². The largest absolute Gasteiger partial charge is 0.465 e. The lowest BCUT2D eigenvalue weighted by Crippen LogP contribution is -2.47. The smallest absolute Gasteiger partial charge is 0.337 e. The fourth-order valence-electron chi connectivity index (χ4n) is 2.64.